The lowest BCUT2D eigenvalue weighted by Crippen LogP contribution is -2.36. The average Bonchev–Trinajstić information content (AvgIpc) is 3.54. The van der Waals surface area contributed by atoms with Crippen molar-refractivity contribution in [3.05, 3.63) is 47.3 Å². The fourth-order valence-electron chi connectivity index (χ4n) is 2.95. The van der Waals surface area contributed by atoms with Crippen LogP contribution in [0.1, 0.15) is 87.0 Å². The van der Waals surface area contributed by atoms with Crippen LogP contribution in [0.2, 0.25) is 0 Å². The number of nitrogens with zero attached hydrogens (tertiary/aromatic N) is 2. The van der Waals surface area contributed by atoms with Gasteiger partial charge in [-0.1, -0.05) is 48.1 Å². The lowest BCUT2D eigenvalue weighted by Gasteiger charge is -2.19. The molecule has 2 aromatic heterocycles. The van der Waals surface area contributed by atoms with Crippen LogP contribution >= 0.6 is 0 Å². The topological polar surface area (TPSA) is 187 Å². The van der Waals surface area contributed by atoms with E-state index >= 15 is 0 Å². The van der Waals surface area contributed by atoms with Gasteiger partial charge in [-0.2, -0.15) is 5.10 Å². The lowest BCUT2D eigenvalue weighted by atomic mass is 9.98. The molecule has 1 saturated heterocycles. The predicted octanol–water partition coefficient (Wildman–Crippen LogP) is 4.47. The highest BCUT2D eigenvalue weighted by Crippen LogP contribution is 2.33. The smallest absolute Gasteiger partial charge is 0.408 e. The second kappa shape index (κ2) is 21.1. The van der Waals surface area contributed by atoms with Gasteiger partial charge in [0.15, 0.2) is 0 Å². The van der Waals surface area contributed by atoms with Crippen molar-refractivity contribution in [3.63, 3.8) is 0 Å². The fraction of sp³-hybridized carbons (Fsp3) is 0.633. The van der Waals surface area contributed by atoms with E-state index in [0.717, 1.165) is 30.8 Å². The largest absolute Gasteiger partial charge is 0.516 e. The summed E-state index contributed by atoms with van der Waals surface area (Å²) in [5.74, 6) is 0.263. The van der Waals surface area contributed by atoms with E-state index in [1.807, 2.05) is 6.79 Å². The molecule has 1 fully saturated rings. The van der Waals surface area contributed by atoms with Crippen molar-refractivity contribution in [1.82, 2.24) is 19.9 Å². The number of ether oxygens (including phenoxy) is 3. The molecule has 0 aliphatic carbocycles. The summed E-state index contributed by atoms with van der Waals surface area (Å²) in [7, 11) is 0. The minimum absolute atomic E-state index is 0.0860. The molecule has 0 spiro atoms. The summed E-state index contributed by atoms with van der Waals surface area (Å²) in [5.41, 5.74) is 6.00. The Balaban J connectivity index is 0. The van der Waals surface area contributed by atoms with Gasteiger partial charge in [0.05, 0.1) is 18.1 Å². The Morgan fingerprint density at radius 3 is 2.23 bits per heavy atom. The summed E-state index contributed by atoms with van der Waals surface area (Å²) < 4.78 is 17.7. The maximum atomic E-state index is 11.8. The number of aliphatic hydroxyl groups is 1. The third-order valence-corrected chi connectivity index (χ3v) is 4.74. The van der Waals surface area contributed by atoms with Gasteiger partial charge in [-0.25, -0.2) is 9.31 Å². The van der Waals surface area contributed by atoms with E-state index in [-0.39, 0.29) is 30.9 Å². The molecule has 3 rings (SSSR count). The second-order valence-corrected chi connectivity index (χ2v) is 12.2. The van der Waals surface area contributed by atoms with Crippen LogP contribution in [0.25, 0.3) is 5.52 Å². The normalized spacial score (nSPS) is 15.6. The van der Waals surface area contributed by atoms with E-state index in [0.29, 0.717) is 17.4 Å². The highest BCUT2D eigenvalue weighted by Gasteiger charge is 2.30. The monoisotopic (exact) mass is 611 g/mol. The fourth-order valence-corrected chi connectivity index (χ4v) is 2.95. The van der Waals surface area contributed by atoms with Gasteiger partial charge in [0, 0.05) is 0 Å². The maximum Gasteiger partial charge on any atom is 0.408 e. The average molecular weight is 612 g/mol. The number of aromatic nitrogens is 3. The number of aromatic amines is 1. The van der Waals surface area contributed by atoms with Crippen LogP contribution < -0.4 is 16.6 Å². The van der Waals surface area contributed by atoms with Crippen molar-refractivity contribution in [2.45, 2.75) is 93.0 Å². The van der Waals surface area contributed by atoms with Crippen molar-refractivity contribution >= 4 is 24.4 Å². The van der Waals surface area contributed by atoms with E-state index in [1.54, 1.807) is 37.4 Å². The number of hydrogen-bond donors (Lipinski definition) is 4. The summed E-state index contributed by atoms with van der Waals surface area (Å²) >= 11 is 0. The van der Waals surface area contributed by atoms with Crippen LogP contribution in [-0.2, 0) is 23.8 Å². The first kappa shape index (κ1) is 41.4. The minimum Gasteiger partial charge on any atom is -0.516 e. The molecule has 0 aromatic carbocycles. The molecule has 43 heavy (non-hydrogen) atoms. The van der Waals surface area contributed by atoms with Crippen LogP contribution in [0.15, 0.2) is 36.1 Å². The van der Waals surface area contributed by atoms with Gasteiger partial charge in [-0.3, -0.25) is 9.59 Å². The second-order valence-electron chi connectivity index (χ2n) is 12.2. The quantitative estimate of drug-likeness (QED) is 0.277. The van der Waals surface area contributed by atoms with Crippen molar-refractivity contribution in [2.24, 2.45) is 17.1 Å². The third kappa shape index (κ3) is 19.9. The van der Waals surface area contributed by atoms with E-state index in [9.17, 15) is 14.4 Å². The van der Waals surface area contributed by atoms with Gasteiger partial charge in [-0.15, -0.1) is 0 Å². The Kier molecular flexibility index (Phi) is 20.3. The minimum atomic E-state index is -0.677. The molecule has 0 radical (unpaired) electrons. The highest BCUT2D eigenvalue weighted by atomic mass is 16.6. The molecule has 1 aliphatic heterocycles. The number of esters is 1. The molecule has 5 N–H and O–H groups in total. The van der Waals surface area contributed by atoms with Crippen molar-refractivity contribution in [3.8, 4) is 0 Å². The number of hydrogen-bond acceptors (Lipinski definition) is 10. The molecule has 3 heterocycles. The van der Waals surface area contributed by atoms with Gasteiger partial charge >= 0.3 is 12.1 Å². The van der Waals surface area contributed by atoms with E-state index in [4.69, 9.17) is 29.8 Å². The van der Waals surface area contributed by atoms with E-state index in [1.165, 1.54) is 6.33 Å². The SMILES string of the molecule is C=CO.C=O.CC(C)(C)CN.CC(C)(C)OC(=O)NCC(=O)OCC1CCC(c2ccc3c(=O)[nH]cnn23)O1.CC(C)C. The molecule has 13 nitrogen and oxygen atoms in total. The van der Waals surface area contributed by atoms with Crippen LogP contribution in [0.3, 0.4) is 0 Å². The Morgan fingerprint density at radius 1 is 1.21 bits per heavy atom. The number of nitrogens with two attached hydrogens (primary N) is 1. The number of carbonyl (C=O) groups excluding carboxylic acids is 3. The third-order valence-electron chi connectivity index (χ3n) is 4.74. The van der Waals surface area contributed by atoms with Gasteiger partial charge in [0.2, 0.25) is 0 Å². The van der Waals surface area contributed by atoms with Gasteiger partial charge in [-0.05, 0) is 63.6 Å². The molecule has 2 unspecified atom stereocenters. The number of fused-ring (bicyclic) bond motifs is 1. The van der Waals surface area contributed by atoms with Crippen molar-refractivity contribution in [1.29, 1.82) is 0 Å². The first-order valence-corrected chi connectivity index (χ1v) is 14.0. The van der Waals surface area contributed by atoms with Gasteiger partial charge < -0.3 is 40.1 Å². The van der Waals surface area contributed by atoms with Crippen LogP contribution in [0.4, 0.5) is 4.79 Å². The number of alkyl carbamates (subject to hydrolysis) is 1. The Hall–Kier alpha value is -3.71. The number of H-pyrrole nitrogens is 1. The molecule has 1 amide bonds. The van der Waals surface area contributed by atoms with E-state index < -0.39 is 17.7 Å². The number of nitrogens with one attached hydrogen (secondary N) is 2. The first-order valence-electron chi connectivity index (χ1n) is 14.0. The zero-order valence-electron chi connectivity index (χ0n) is 27.3. The summed E-state index contributed by atoms with van der Waals surface area (Å²) in [4.78, 5) is 45.6. The molecule has 13 heteroatoms. The Labute approximate surface area is 255 Å². The first-order chi connectivity index (χ1) is 19.9. The molecule has 2 atom stereocenters. The maximum absolute atomic E-state index is 11.8. The van der Waals surface area contributed by atoms with Crippen LogP contribution in [-0.4, -0.2) is 70.0 Å². The van der Waals surface area contributed by atoms with Crippen LogP contribution in [0.5, 0.6) is 0 Å². The summed E-state index contributed by atoms with van der Waals surface area (Å²) in [5, 5.41) is 13.8. The molecule has 2 aromatic rings. The zero-order chi connectivity index (χ0) is 33.8. The standard InChI is InChI=1S/C18H24N4O6.C5H13N.C4H10.C2H4O.CH2O/c1-18(2,3)28-17(25)19-8-15(23)26-9-11-4-7-14(27-11)12-5-6-13-16(24)20-10-21-22(12)13;1-5(2,3)4-6;1-4(2)3;1-2-3;1-2/h5-6,10-11,14H,4,7-9H2,1-3H3,(H,19,25)(H,20,21,24);4,6H2,1-3H3;4H,1-3H3;2-3H,1H2;1H2. The molecular weight excluding hydrogens is 558 g/mol. The molecule has 1 aliphatic rings. The van der Waals surface area contributed by atoms with Gasteiger partial charge in [0.1, 0.15) is 43.5 Å². The Bertz CT molecular complexity index is 1130. The lowest BCUT2D eigenvalue weighted by molar-refractivity contribution is -0.146. The molecule has 0 bridgehead atoms. The summed E-state index contributed by atoms with van der Waals surface area (Å²) in [6.07, 6.45) is 2.34. The molecule has 0 saturated carbocycles. The highest BCUT2D eigenvalue weighted by molar-refractivity contribution is 5.78. The summed E-state index contributed by atoms with van der Waals surface area (Å²) in [6, 6.07) is 3.50. The van der Waals surface area contributed by atoms with Gasteiger partial charge in [0.25, 0.3) is 5.56 Å². The Morgan fingerprint density at radius 2 is 1.74 bits per heavy atom. The number of carbonyl (C=O) groups is 3. The van der Waals surface area contributed by atoms with E-state index in [2.05, 4.69) is 63.5 Å². The number of rotatable bonds is 5. The predicted molar refractivity (Wildman–Crippen MR) is 167 cm³/mol. The number of amides is 1. The summed E-state index contributed by atoms with van der Waals surface area (Å²) in [6.45, 7) is 23.6. The molecule has 246 valence electrons. The molecular formula is C30H53N5O8. The van der Waals surface area contributed by atoms with Crippen LogP contribution in [0, 0.1) is 11.3 Å². The zero-order valence-corrected chi connectivity index (χ0v) is 27.3. The number of aliphatic hydroxyl groups excluding tert-OH is 1. The van der Waals surface area contributed by atoms with Crippen molar-refractivity contribution < 1.29 is 33.7 Å². The van der Waals surface area contributed by atoms with Crippen molar-refractivity contribution in [2.75, 3.05) is 19.7 Å².